The van der Waals surface area contributed by atoms with Gasteiger partial charge in [0.05, 0.1) is 0 Å². The van der Waals surface area contributed by atoms with Gasteiger partial charge < -0.3 is 5.32 Å². The Kier molecular flexibility index (Phi) is 5.65. The minimum absolute atomic E-state index is 0.173. The Labute approximate surface area is 140 Å². The molecule has 0 heterocycles. The topological polar surface area (TPSA) is 53.2 Å². The number of thiocarbonyl (C=S) groups is 1. The lowest BCUT2D eigenvalue weighted by Gasteiger charge is -2.12. The Bertz CT molecular complexity index is 716. The van der Waals surface area contributed by atoms with E-state index >= 15 is 0 Å². The number of hydrogen-bond donors (Lipinski definition) is 3. The van der Waals surface area contributed by atoms with E-state index in [0.717, 1.165) is 12.0 Å². The molecule has 6 heteroatoms. The second kappa shape index (κ2) is 7.69. The molecule has 0 aromatic heterocycles. The van der Waals surface area contributed by atoms with Crippen molar-refractivity contribution >= 4 is 28.9 Å². The second-order valence-corrected chi connectivity index (χ2v) is 5.46. The molecule has 0 unspecified atom stereocenters. The minimum atomic E-state index is -0.321. The van der Waals surface area contributed by atoms with Crippen LogP contribution in [0.25, 0.3) is 0 Å². The van der Waals surface area contributed by atoms with E-state index in [0.29, 0.717) is 16.8 Å². The Balaban J connectivity index is 1.87. The van der Waals surface area contributed by atoms with Gasteiger partial charge in [0.15, 0.2) is 5.11 Å². The van der Waals surface area contributed by atoms with E-state index < -0.39 is 0 Å². The standard InChI is InChI=1S/C17H18FN3OS/c1-3-12-5-7-13(8-6-12)16(22)20-21-17(23)19-14-9-4-11(2)15(18)10-14/h4-10H,3H2,1-2H3,(H,20,22)(H2,19,21,23). The normalized spacial score (nSPS) is 10.0. The van der Waals surface area contributed by atoms with E-state index in [1.165, 1.54) is 6.07 Å². The van der Waals surface area contributed by atoms with Crippen molar-refractivity contribution in [2.45, 2.75) is 20.3 Å². The highest BCUT2D eigenvalue weighted by Crippen LogP contribution is 2.13. The van der Waals surface area contributed by atoms with Crippen LogP contribution in [0.5, 0.6) is 0 Å². The van der Waals surface area contributed by atoms with Crippen LogP contribution in [-0.4, -0.2) is 11.0 Å². The molecule has 2 rings (SSSR count). The van der Waals surface area contributed by atoms with E-state index in [4.69, 9.17) is 12.2 Å². The van der Waals surface area contributed by atoms with Gasteiger partial charge in [-0.3, -0.25) is 15.6 Å². The van der Waals surface area contributed by atoms with Crippen LogP contribution in [0.15, 0.2) is 42.5 Å². The van der Waals surface area contributed by atoms with Gasteiger partial charge in [0.2, 0.25) is 0 Å². The Morgan fingerprint density at radius 2 is 1.83 bits per heavy atom. The van der Waals surface area contributed by atoms with Gasteiger partial charge in [-0.1, -0.05) is 25.1 Å². The number of aryl methyl sites for hydroxylation is 2. The Hall–Kier alpha value is -2.47. The fourth-order valence-corrected chi connectivity index (χ4v) is 2.08. The van der Waals surface area contributed by atoms with Crippen molar-refractivity contribution in [3.8, 4) is 0 Å². The first-order valence-corrected chi connectivity index (χ1v) is 7.63. The van der Waals surface area contributed by atoms with Crippen molar-refractivity contribution in [3.63, 3.8) is 0 Å². The molecular formula is C17H18FN3OS. The zero-order valence-electron chi connectivity index (χ0n) is 12.9. The number of hydrazine groups is 1. The summed E-state index contributed by atoms with van der Waals surface area (Å²) >= 11 is 5.06. The highest BCUT2D eigenvalue weighted by atomic mass is 32.1. The third kappa shape index (κ3) is 4.75. The molecule has 0 fully saturated rings. The van der Waals surface area contributed by atoms with Gasteiger partial charge in [-0.05, 0) is 61.0 Å². The van der Waals surface area contributed by atoms with Crippen molar-refractivity contribution in [2.24, 2.45) is 0 Å². The van der Waals surface area contributed by atoms with Crippen molar-refractivity contribution in [1.29, 1.82) is 0 Å². The molecule has 0 spiro atoms. The maximum atomic E-state index is 13.5. The van der Waals surface area contributed by atoms with E-state index in [2.05, 4.69) is 23.1 Å². The first-order chi connectivity index (χ1) is 11.0. The molecule has 0 aliphatic heterocycles. The van der Waals surface area contributed by atoms with Crippen molar-refractivity contribution < 1.29 is 9.18 Å². The Morgan fingerprint density at radius 3 is 2.43 bits per heavy atom. The predicted molar refractivity (Wildman–Crippen MR) is 93.8 cm³/mol. The number of hydrogen-bond acceptors (Lipinski definition) is 2. The summed E-state index contributed by atoms with van der Waals surface area (Å²) in [5.74, 6) is -0.621. The molecule has 0 aliphatic carbocycles. The predicted octanol–water partition coefficient (Wildman–Crippen LogP) is 3.33. The van der Waals surface area contributed by atoms with Crippen LogP contribution in [0, 0.1) is 12.7 Å². The first kappa shape index (κ1) is 16.9. The number of benzene rings is 2. The molecule has 2 aromatic carbocycles. The molecule has 4 nitrogen and oxygen atoms in total. The summed E-state index contributed by atoms with van der Waals surface area (Å²) < 4.78 is 13.5. The maximum absolute atomic E-state index is 13.5. The lowest BCUT2D eigenvalue weighted by molar-refractivity contribution is 0.0944. The SMILES string of the molecule is CCc1ccc(C(=O)NNC(=S)Nc2ccc(C)c(F)c2)cc1. The molecule has 3 N–H and O–H groups in total. The van der Waals surface area contributed by atoms with Crippen molar-refractivity contribution in [1.82, 2.24) is 10.9 Å². The van der Waals surface area contributed by atoms with Gasteiger partial charge in [0.25, 0.3) is 5.91 Å². The number of anilines is 1. The monoisotopic (exact) mass is 331 g/mol. The quantitative estimate of drug-likeness (QED) is 0.596. The van der Waals surface area contributed by atoms with Crippen LogP contribution in [0.1, 0.15) is 28.4 Å². The van der Waals surface area contributed by atoms with E-state index in [1.807, 2.05) is 12.1 Å². The van der Waals surface area contributed by atoms with Gasteiger partial charge in [0.1, 0.15) is 5.82 Å². The maximum Gasteiger partial charge on any atom is 0.269 e. The molecule has 0 radical (unpaired) electrons. The summed E-state index contributed by atoms with van der Waals surface area (Å²) in [4.78, 5) is 12.0. The third-order valence-electron chi connectivity index (χ3n) is 3.34. The van der Waals surface area contributed by atoms with Crippen LogP contribution < -0.4 is 16.2 Å². The van der Waals surface area contributed by atoms with Gasteiger partial charge in [0, 0.05) is 11.3 Å². The number of nitrogens with one attached hydrogen (secondary N) is 3. The zero-order chi connectivity index (χ0) is 16.8. The van der Waals surface area contributed by atoms with Gasteiger partial charge >= 0.3 is 0 Å². The smallest absolute Gasteiger partial charge is 0.269 e. The van der Waals surface area contributed by atoms with E-state index in [-0.39, 0.29) is 16.8 Å². The fraction of sp³-hybridized carbons (Fsp3) is 0.176. The summed E-state index contributed by atoms with van der Waals surface area (Å²) in [6, 6.07) is 12.0. The molecule has 120 valence electrons. The molecule has 0 bridgehead atoms. The third-order valence-corrected chi connectivity index (χ3v) is 3.55. The van der Waals surface area contributed by atoms with Crippen molar-refractivity contribution in [3.05, 3.63) is 65.0 Å². The summed E-state index contributed by atoms with van der Waals surface area (Å²) in [6.07, 6.45) is 0.918. The van der Waals surface area contributed by atoms with E-state index in [1.54, 1.807) is 31.2 Å². The van der Waals surface area contributed by atoms with Crippen molar-refractivity contribution in [2.75, 3.05) is 5.32 Å². The summed E-state index contributed by atoms with van der Waals surface area (Å²) in [5, 5.41) is 2.97. The Morgan fingerprint density at radius 1 is 1.13 bits per heavy atom. The molecule has 0 aliphatic rings. The van der Waals surface area contributed by atoms with Gasteiger partial charge in [-0.2, -0.15) is 0 Å². The number of carbonyl (C=O) groups excluding carboxylic acids is 1. The average molecular weight is 331 g/mol. The van der Waals surface area contributed by atoms with Crippen LogP contribution in [-0.2, 0) is 6.42 Å². The summed E-state index contributed by atoms with van der Waals surface area (Å²) in [5.41, 5.74) is 7.83. The molecule has 23 heavy (non-hydrogen) atoms. The lowest BCUT2D eigenvalue weighted by Crippen LogP contribution is -2.43. The van der Waals surface area contributed by atoms with Gasteiger partial charge in [-0.15, -0.1) is 0 Å². The number of amides is 1. The molecule has 0 atom stereocenters. The number of halogens is 1. The highest BCUT2D eigenvalue weighted by Gasteiger charge is 2.06. The molecular weight excluding hydrogens is 313 g/mol. The minimum Gasteiger partial charge on any atom is -0.331 e. The average Bonchev–Trinajstić information content (AvgIpc) is 2.56. The molecule has 2 aromatic rings. The second-order valence-electron chi connectivity index (χ2n) is 5.05. The van der Waals surface area contributed by atoms with Crippen LogP contribution >= 0.6 is 12.2 Å². The lowest BCUT2D eigenvalue weighted by atomic mass is 10.1. The van der Waals surface area contributed by atoms with Crippen LogP contribution in [0.3, 0.4) is 0 Å². The van der Waals surface area contributed by atoms with Crippen LogP contribution in [0.4, 0.5) is 10.1 Å². The largest absolute Gasteiger partial charge is 0.331 e. The van der Waals surface area contributed by atoms with E-state index in [9.17, 15) is 9.18 Å². The fourth-order valence-electron chi connectivity index (χ4n) is 1.91. The molecule has 0 saturated heterocycles. The first-order valence-electron chi connectivity index (χ1n) is 7.22. The molecule has 0 saturated carbocycles. The van der Waals surface area contributed by atoms with Gasteiger partial charge in [-0.25, -0.2) is 4.39 Å². The zero-order valence-corrected chi connectivity index (χ0v) is 13.8. The number of rotatable bonds is 3. The van der Waals surface area contributed by atoms with Crippen LogP contribution in [0.2, 0.25) is 0 Å². The summed E-state index contributed by atoms with van der Waals surface area (Å²) in [7, 11) is 0. The summed E-state index contributed by atoms with van der Waals surface area (Å²) in [6.45, 7) is 3.73. The number of carbonyl (C=O) groups is 1. The molecule has 1 amide bonds. The highest BCUT2D eigenvalue weighted by molar-refractivity contribution is 7.80.